The Labute approximate surface area is 125 Å². The molecule has 2 N–H and O–H groups in total. The minimum Gasteiger partial charge on any atom is -0.366 e. The minimum atomic E-state index is -3.18. The first-order valence-corrected chi connectivity index (χ1v) is 9.47. The van der Waals surface area contributed by atoms with E-state index in [4.69, 9.17) is 0 Å². The van der Waals surface area contributed by atoms with E-state index in [1.807, 2.05) is 6.07 Å². The van der Waals surface area contributed by atoms with Gasteiger partial charge in [0.1, 0.15) is 11.6 Å². The van der Waals surface area contributed by atoms with Crippen LogP contribution in [-0.2, 0) is 10.0 Å². The van der Waals surface area contributed by atoms with Crippen LogP contribution in [0.25, 0.3) is 0 Å². The van der Waals surface area contributed by atoms with Crippen LogP contribution in [0.2, 0.25) is 0 Å². The number of nitrogens with zero attached hydrogens (tertiary/aromatic N) is 2. The van der Waals surface area contributed by atoms with Crippen molar-refractivity contribution in [3.63, 3.8) is 0 Å². The first-order chi connectivity index (χ1) is 10.0. The molecule has 2 aliphatic rings. The lowest BCUT2D eigenvalue weighted by molar-refractivity contribution is 0.378. The van der Waals surface area contributed by atoms with Crippen LogP contribution in [0, 0.1) is 0 Å². The monoisotopic (exact) mass is 310 g/mol. The Balaban J connectivity index is 1.70. The van der Waals surface area contributed by atoms with E-state index in [2.05, 4.69) is 20.0 Å². The third-order valence-corrected chi connectivity index (χ3v) is 4.81. The molecule has 0 saturated heterocycles. The van der Waals surface area contributed by atoms with Crippen molar-refractivity contribution in [1.29, 1.82) is 0 Å². The Morgan fingerprint density at radius 2 is 1.86 bits per heavy atom. The summed E-state index contributed by atoms with van der Waals surface area (Å²) in [7, 11) is -3.18. The topological polar surface area (TPSA) is 84.0 Å². The van der Waals surface area contributed by atoms with Crippen LogP contribution in [0.5, 0.6) is 0 Å². The fourth-order valence-electron chi connectivity index (χ4n) is 2.90. The number of hydrogen-bond acceptors (Lipinski definition) is 5. The zero-order valence-corrected chi connectivity index (χ0v) is 13.1. The third-order valence-electron chi connectivity index (χ3n) is 4.08. The molecule has 0 aliphatic heterocycles. The van der Waals surface area contributed by atoms with Crippen LogP contribution in [-0.4, -0.2) is 36.7 Å². The molecule has 0 radical (unpaired) electrons. The minimum absolute atomic E-state index is 0.0620. The molecule has 0 aromatic carbocycles. The van der Waals surface area contributed by atoms with Crippen LogP contribution in [0.1, 0.15) is 50.3 Å². The quantitative estimate of drug-likeness (QED) is 0.863. The van der Waals surface area contributed by atoms with E-state index in [1.165, 1.54) is 19.1 Å². The fraction of sp³-hybridized carbons (Fsp3) is 0.714. The highest BCUT2D eigenvalue weighted by Gasteiger charge is 2.29. The maximum atomic E-state index is 11.5. The molecule has 1 aromatic heterocycles. The fourth-order valence-corrected chi connectivity index (χ4v) is 3.73. The predicted molar refractivity (Wildman–Crippen MR) is 81.7 cm³/mol. The molecule has 7 heteroatoms. The number of hydrogen-bond donors (Lipinski definition) is 2. The molecular weight excluding hydrogens is 288 g/mol. The van der Waals surface area contributed by atoms with Crippen molar-refractivity contribution in [3.8, 4) is 0 Å². The average Bonchev–Trinajstić information content (AvgIpc) is 3.24. The Kier molecular flexibility index (Phi) is 4.12. The highest BCUT2D eigenvalue weighted by Crippen LogP contribution is 2.38. The van der Waals surface area contributed by atoms with Gasteiger partial charge in [0.05, 0.1) is 6.26 Å². The summed E-state index contributed by atoms with van der Waals surface area (Å²) < 4.78 is 25.7. The second-order valence-electron chi connectivity index (χ2n) is 6.11. The Hall–Kier alpha value is -1.21. The maximum absolute atomic E-state index is 11.5. The molecule has 0 amide bonds. The molecule has 116 valence electrons. The van der Waals surface area contributed by atoms with Gasteiger partial charge in [-0.2, -0.15) is 0 Å². The Morgan fingerprint density at radius 1 is 1.14 bits per heavy atom. The normalized spacial score (nSPS) is 26.5. The molecule has 1 aromatic rings. The molecule has 0 unspecified atom stereocenters. The van der Waals surface area contributed by atoms with Crippen LogP contribution in [0.15, 0.2) is 12.3 Å². The maximum Gasteiger partial charge on any atom is 0.209 e. The van der Waals surface area contributed by atoms with Crippen LogP contribution in [0.4, 0.5) is 5.82 Å². The van der Waals surface area contributed by atoms with Crippen molar-refractivity contribution < 1.29 is 8.42 Å². The van der Waals surface area contributed by atoms with E-state index < -0.39 is 10.0 Å². The van der Waals surface area contributed by atoms with E-state index in [1.54, 1.807) is 6.20 Å². The molecule has 21 heavy (non-hydrogen) atoms. The van der Waals surface area contributed by atoms with E-state index in [0.717, 1.165) is 37.3 Å². The standard InChI is InChI=1S/C14H22N4O2S/c1-21(19,20)18-12-5-3-2-4-11(12)16-13-8-9-15-14(17-13)10-6-7-10/h8-12,18H,2-7H2,1H3,(H,15,16,17)/t11-,12-/m0/s1. The van der Waals surface area contributed by atoms with Gasteiger partial charge in [-0.15, -0.1) is 0 Å². The van der Waals surface area contributed by atoms with E-state index in [-0.39, 0.29) is 12.1 Å². The van der Waals surface area contributed by atoms with E-state index >= 15 is 0 Å². The Morgan fingerprint density at radius 3 is 2.52 bits per heavy atom. The van der Waals surface area contributed by atoms with Crippen LogP contribution < -0.4 is 10.0 Å². The number of aromatic nitrogens is 2. The summed E-state index contributed by atoms with van der Waals surface area (Å²) in [5.41, 5.74) is 0. The van der Waals surface area contributed by atoms with Gasteiger partial charge in [0.15, 0.2) is 0 Å². The second kappa shape index (κ2) is 5.88. The van der Waals surface area contributed by atoms with Gasteiger partial charge >= 0.3 is 0 Å². The first kappa shape index (κ1) is 14.7. The Bertz CT molecular complexity index is 601. The summed E-state index contributed by atoms with van der Waals surface area (Å²) in [4.78, 5) is 8.87. The molecule has 3 rings (SSSR count). The summed E-state index contributed by atoms with van der Waals surface area (Å²) in [5.74, 6) is 2.23. The SMILES string of the molecule is CS(=O)(=O)N[C@H]1CCCC[C@@H]1Nc1ccnc(C2CC2)n1. The van der Waals surface area contributed by atoms with Gasteiger partial charge in [-0.3, -0.25) is 0 Å². The van der Waals surface area contributed by atoms with Gasteiger partial charge in [0.2, 0.25) is 10.0 Å². The largest absolute Gasteiger partial charge is 0.366 e. The second-order valence-corrected chi connectivity index (χ2v) is 7.89. The smallest absolute Gasteiger partial charge is 0.209 e. The number of sulfonamides is 1. The predicted octanol–water partition coefficient (Wildman–Crippen LogP) is 1.63. The van der Waals surface area contributed by atoms with Gasteiger partial charge in [0, 0.05) is 24.2 Å². The number of rotatable bonds is 5. The van der Waals surface area contributed by atoms with Crippen LogP contribution >= 0.6 is 0 Å². The van der Waals surface area contributed by atoms with Gasteiger partial charge in [-0.25, -0.2) is 23.1 Å². The van der Waals surface area contributed by atoms with Gasteiger partial charge in [0.25, 0.3) is 0 Å². The van der Waals surface area contributed by atoms with E-state index in [0.29, 0.717) is 5.92 Å². The third kappa shape index (κ3) is 4.14. The lowest BCUT2D eigenvalue weighted by Crippen LogP contribution is -2.48. The van der Waals surface area contributed by atoms with Crippen molar-refractivity contribution in [2.45, 2.75) is 56.5 Å². The first-order valence-electron chi connectivity index (χ1n) is 7.58. The van der Waals surface area contributed by atoms with Gasteiger partial charge in [-0.05, 0) is 31.7 Å². The summed E-state index contributed by atoms with van der Waals surface area (Å²) in [6.07, 6.45) is 9.33. The zero-order valence-electron chi connectivity index (χ0n) is 12.2. The van der Waals surface area contributed by atoms with E-state index in [9.17, 15) is 8.42 Å². The zero-order chi connectivity index (χ0) is 14.9. The van der Waals surface area contributed by atoms with Crippen molar-refractivity contribution in [1.82, 2.24) is 14.7 Å². The average molecular weight is 310 g/mol. The highest BCUT2D eigenvalue weighted by molar-refractivity contribution is 7.88. The molecule has 0 spiro atoms. The molecular formula is C14H22N4O2S. The number of anilines is 1. The van der Waals surface area contributed by atoms with Crippen molar-refractivity contribution in [2.75, 3.05) is 11.6 Å². The van der Waals surface area contributed by atoms with Gasteiger partial charge in [-0.1, -0.05) is 12.8 Å². The van der Waals surface area contributed by atoms with Crippen molar-refractivity contribution >= 4 is 15.8 Å². The highest BCUT2D eigenvalue weighted by atomic mass is 32.2. The summed E-state index contributed by atoms with van der Waals surface area (Å²) in [6.45, 7) is 0. The van der Waals surface area contributed by atoms with Crippen LogP contribution in [0.3, 0.4) is 0 Å². The number of nitrogens with one attached hydrogen (secondary N) is 2. The molecule has 2 aliphatic carbocycles. The summed E-state index contributed by atoms with van der Waals surface area (Å²) >= 11 is 0. The molecule has 2 atom stereocenters. The summed E-state index contributed by atoms with van der Waals surface area (Å²) in [6, 6.07) is 1.89. The lowest BCUT2D eigenvalue weighted by Gasteiger charge is -2.32. The lowest BCUT2D eigenvalue weighted by atomic mass is 9.91. The molecule has 2 saturated carbocycles. The van der Waals surface area contributed by atoms with Crippen molar-refractivity contribution in [3.05, 3.63) is 18.1 Å². The van der Waals surface area contributed by atoms with Gasteiger partial charge < -0.3 is 5.32 Å². The molecule has 6 nitrogen and oxygen atoms in total. The summed E-state index contributed by atoms with van der Waals surface area (Å²) in [5, 5.41) is 3.40. The molecule has 2 fully saturated rings. The molecule has 0 bridgehead atoms. The van der Waals surface area contributed by atoms with Crippen molar-refractivity contribution in [2.24, 2.45) is 0 Å². The molecule has 1 heterocycles.